The third kappa shape index (κ3) is 2.82. The number of hydrogen-bond donors (Lipinski definition) is 2. The third-order valence-electron chi connectivity index (χ3n) is 3.25. The minimum absolute atomic E-state index is 0. The Kier molecular flexibility index (Phi) is 4.71. The number of nitrogens with two attached hydrogens (primary N) is 1. The molecule has 0 spiro atoms. The van der Waals surface area contributed by atoms with Crippen LogP contribution in [0.5, 0.6) is 0 Å². The molecule has 9 heteroatoms. The highest BCUT2D eigenvalue weighted by Gasteiger charge is 2.37. The van der Waals surface area contributed by atoms with Gasteiger partial charge in [0, 0.05) is 19.1 Å². The molecule has 0 amide bonds. The standard InChI is InChI=1S/C9H17N5O2S.ClH/c1-14-8(6-11-13-14)17(15,16)12-9(7-10)4-2-3-5-9;/h6,12H,2-5,7,10H2,1H3;1H. The van der Waals surface area contributed by atoms with Crippen molar-refractivity contribution in [2.24, 2.45) is 12.8 Å². The fourth-order valence-electron chi connectivity index (χ4n) is 2.26. The molecule has 1 saturated carbocycles. The van der Waals surface area contributed by atoms with Crippen molar-refractivity contribution in [1.82, 2.24) is 19.7 Å². The van der Waals surface area contributed by atoms with Crippen molar-refractivity contribution in [3.8, 4) is 0 Å². The van der Waals surface area contributed by atoms with Gasteiger partial charge in [0.25, 0.3) is 10.0 Å². The van der Waals surface area contributed by atoms with E-state index in [2.05, 4.69) is 15.0 Å². The van der Waals surface area contributed by atoms with Gasteiger partial charge in [-0.15, -0.1) is 17.5 Å². The highest BCUT2D eigenvalue weighted by atomic mass is 35.5. The number of nitrogens with one attached hydrogen (secondary N) is 1. The van der Waals surface area contributed by atoms with Gasteiger partial charge in [-0.3, -0.25) is 0 Å². The van der Waals surface area contributed by atoms with E-state index in [4.69, 9.17) is 5.73 Å². The van der Waals surface area contributed by atoms with Crippen molar-refractivity contribution >= 4 is 22.4 Å². The molecule has 0 aliphatic heterocycles. The molecule has 1 aromatic heterocycles. The summed E-state index contributed by atoms with van der Waals surface area (Å²) in [5, 5.41) is 7.26. The molecule has 1 fully saturated rings. The molecule has 1 heterocycles. The number of halogens is 1. The Bertz CT molecular complexity index is 495. The molecule has 1 aromatic rings. The molecule has 1 aliphatic carbocycles. The van der Waals surface area contributed by atoms with Crippen LogP contribution in [0.4, 0.5) is 0 Å². The highest BCUT2D eigenvalue weighted by Crippen LogP contribution is 2.30. The Morgan fingerprint density at radius 1 is 1.50 bits per heavy atom. The van der Waals surface area contributed by atoms with E-state index in [0.717, 1.165) is 25.7 Å². The average molecular weight is 296 g/mol. The Balaban J connectivity index is 0.00000162. The van der Waals surface area contributed by atoms with Crippen LogP contribution in [-0.4, -0.2) is 35.5 Å². The summed E-state index contributed by atoms with van der Waals surface area (Å²) < 4.78 is 28.3. The fourth-order valence-corrected chi connectivity index (χ4v) is 3.79. The summed E-state index contributed by atoms with van der Waals surface area (Å²) in [7, 11) is -2.05. The molecular formula is C9H18ClN5O2S. The molecule has 0 aromatic carbocycles. The molecule has 104 valence electrons. The first-order chi connectivity index (χ1) is 7.99. The molecule has 0 saturated heterocycles. The van der Waals surface area contributed by atoms with E-state index in [-0.39, 0.29) is 17.4 Å². The first-order valence-corrected chi connectivity index (χ1v) is 7.06. The second kappa shape index (κ2) is 5.52. The zero-order valence-electron chi connectivity index (χ0n) is 10.2. The van der Waals surface area contributed by atoms with E-state index >= 15 is 0 Å². The van der Waals surface area contributed by atoms with E-state index in [9.17, 15) is 8.42 Å². The molecule has 0 unspecified atom stereocenters. The molecule has 0 atom stereocenters. The fraction of sp³-hybridized carbons (Fsp3) is 0.778. The molecule has 1 aliphatic rings. The van der Waals surface area contributed by atoms with Crippen molar-refractivity contribution in [3.05, 3.63) is 6.20 Å². The van der Waals surface area contributed by atoms with E-state index < -0.39 is 15.6 Å². The van der Waals surface area contributed by atoms with Crippen molar-refractivity contribution in [2.45, 2.75) is 36.2 Å². The third-order valence-corrected chi connectivity index (χ3v) is 4.87. The smallest absolute Gasteiger partial charge is 0.259 e. The van der Waals surface area contributed by atoms with Crippen LogP contribution in [0.3, 0.4) is 0 Å². The van der Waals surface area contributed by atoms with Gasteiger partial charge in [-0.05, 0) is 12.8 Å². The summed E-state index contributed by atoms with van der Waals surface area (Å²) in [4.78, 5) is 0. The van der Waals surface area contributed by atoms with Gasteiger partial charge in [-0.1, -0.05) is 18.1 Å². The van der Waals surface area contributed by atoms with Gasteiger partial charge in [-0.2, -0.15) is 0 Å². The summed E-state index contributed by atoms with van der Waals surface area (Å²) in [6, 6.07) is 0. The monoisotopic (exact) mass is 295 g/mol. The maximum Gasteiger partial charge on any atom is 0.259 e. The lowest BCUT2D eigenvalue weighted by Crippen LogP contribution is -2.51. The van der Waals surface area contributed by atoms with Crippen LogP contribution in [0.15, 0.2) is 11.2 Å². The van der Waals surface area contributed by atoms with Gasteiger partial charge >= 0.3 is 0 Å². The van der Waals surface area contributed by atoms with Gasteiger partial charge in [0.05, 0.1) is 6.20 Å². The summed E-state index contributed by atoms with van der Waals surface area (Å²) in [5.41, 5.74) is 5.21. The highest BCUT2D eigenvalue weighted by molar-refractivity contribution is 7.89. The first-order valence-electron chi connectivity index (χ1n) is 5.58. The minimum atomic E-state index is -3.59. The Morgan fingerprint density at radius 2 is 2.11 bits per heavy atom. The maximum atomic E-state index is 12.2. The van der Waals surface area contributed by atoms with Crippen molar-refractivity contribution in [1.29, 1.82) is 0 Å². The molecule has 0 bridgehead atoms. The number of aromatic nitrogens is 3. The van der Waals surface area contributed by atoms with Crippen LogP contribution in [0.1, 0.15) is 25.7 Å². The quantitative estimate of drug-likeness (QED) is 0.800. The average Bonchev–Trinajstić information content (AvgIpc) is 2.87. The largest absolute Gasteiger partial charge is 0.329 e. The second-order valence-electron chi connectivity index (χ2n) is 4.49. The van der Waals surface area contributed by atoms with Crippen molar-refractivity contribution < 1.29 is 8.42 Å². The first kappa shape index (κ1) is 15.4. The number of sulfonamides is 1. The summed E-state index contributed by atoms with van der Waals surface area (Å²) in [6.45, 7) is 0.317. The van der Waals surface area contributed by atoms with Crippen LogP contribution < -0.4 is 10.5 Å². The number of hydrogen-bond acceptors (Lipinski definition) is 5. The van der Waals surface area contributed by atoms with Crippen LogP contribution in [0.25, 0.3) is 0 Å². The van der Waals surface area contributed by atoms with Crippen LogP contribution in [0, 0.1) is 0 Å². The molecule has 3 N–H and O–H groups in total. The van der Waals surface area contributed by atoms with E-state index in [0.29, 0.717) is 6.54 Å². The zero-order chi connectivity index (χ0) is 12.5. The normalized spacial score (nSPS) is 18.6. The Hall–Kier alpha value is -0.700. The minimum Gasteiger partial charge on any atom is -0.329 e. The number of nitrogens with zero attached hydrogens (tertiary/aromatic N) is 3. The Morgan fingerprint density at radius 3 is 2.56 bits per heavy atom. The predicted octanol–water partition coefficient (Wildman–Crippen LogP) is -0.213. The van der Waals surface area contributed by atoms with E-state index in [1.54, 1.807) is 7.05 Å². The van der Waals surface area contributed by atoms with Gasteiger partial charge in [0.1, 0.15) is 0 Å². The van der Waals surface area contributed by atoms with Crippen LogP contribution >= 0.6 is 12.4 Å². The summed E-state index contributed by atoms with van der Waals surface area (Å²) in [6.07, 6.45) is 4.82. The predicted molar refractivity (Wildman–Crippen MR) is 68.8 cm³/mol. The second-order valence-corrected chi connectivity index (χ2v) is 6.12. The number of aryl methyl sites for hydroxylation is 1. The zero-order valence-corrected chi connectivity index (χ0v) is 11.8. The SMILES string of the molecule is Cl.Cn1nncc1S(=O)(=O)NC1(CN)CCCC1. The molecule has 7 nitrogen and oxygen atoms in total. The van der Waals surface area contributed by atoms with Crippen molar-refractivity contribution in [3.63, 3.8) is 0 Å². The van der Waals surface area contributed by atoms with Gasteiger partial charge in [-0.25, -0.2) is 17.8 Å². The van der Waals surface area contributed by atoms with E-state index in [1.807, 2.05) is 0 Å². The van der Waals surface area contributed by atoms with Gasteiger partial charge < -0.3 is 5.73 Å². The Labute approximate surface area is 113 Å². The van der Waals surface area contributed by atoms with Crippen LogP contribution in [0.2, 0.25) is 0 Å². The van der Waals surface area contributed by atoms with Gasteiger partial charge in [0.15, 0.2) is 5.03 Å². The van der Waals surface area contributed by atoms with E-state index in [1.165, 1.54) is 10.9 Å². The van der Waals surface area contributed by atoms with Gasteiger partial charge in [0.2, 0.25) is 0 Å². The molecule has 18 heavy (non-hydrogen) atoms. The lowest BCUT2D eigenvalue weighted by Gasteiger charge is -2.27. The molecular weight excluding hydrogens is 278 g/mol. The molecule has 2 rings (SSSR count). The maximum absolute atomic E-state index is 12.2. The summed E-state index contributed by atoms with van der Waals surface area (Å²) in [5.74, 6) is 0. The lowest BCUT2D eigenvalue weighted by atomic mass is 10.0. The number of rotatable bonds is 4. The van der Waals surface area contributed by atoms with Crippen molar-refractivity contribution in [2.75, 3.05) is 6.54 Å². The van der Waals surface area contributed by atoms with Crippen LogP contribution in [-0.2, 0) is 17.1 Å². The summed E-state index contributed by atoms with van der Waals surface area (Å²) >= 11 is 0. The molecule has 0 radical (unpaired) electrons. The topological polar surface area (TPSA) is 103 Å². The lowest BCUT2D eigenvalue weighted by molar-refractivity contribution is 0.397.